The Kier molecular flexibility index (Phi) is 4.70. The number of carbonyl (C=O) groups is 2. The lowest BCUT2D eigenvalue weighted by atomic mass is 10.0. The number of anilines is 2. The molecule has 3 aromatic rings. The third-order valence-electron chi connectivity index (χ3n) is 4.42. The number of amides is 2. The number of benzene rings is 2. The number of aromatic nitrogens is 1. The van der Waals surface area contributed by atoms with Gasteiger partial charge in [-0.05, 0) is 63.2 Å². The zero-order valence-electron chi connectivity index (χ0n) is 16.2. The van der Waals surface area contributed by atoms with E-state index in [1.54, 1.807) is 6.07 Å². The molecule has 0 bridgehead atoms. The SMILES string of the molecule is CC(C)(C)OC(=O)Nc1ccc2[nH]cc(C=C3C(=O)Nc4ccc(Br)cc43)c2c1. The second-order valence-electron chi connectivity index (χ2n) is 7.83. The van der Waals surface area contributed by atoms with Gasteiger partial charge in [0.05, 0.1) is 0 Å². The lowest BCUT2D eigenvalue weighted by Gasteiger charge is -2.19. The first kappa shape index (κ1) is 19.3. The molecule has 6 nitrogen and oxygen atoms in total. The van der Waals surface area contributed by atoms with Gasteiger partial charge in [-0.3, -0.25) is 10.1 Å². The van der Waals surface area contributed by atoms with Crippen LogP contribution in [-0.4, -0.2) is 22.6 Å². The topological polar surface area (TPSA) is 83.2 Å². The van der Waals surface area contributed by atoms with Crippen LogP contribution in [0.15, 0.2) is 47.1 Å². The molecule has 1 aromatic heterocycles. The molecular formula is C22H20BrN3O3. The summed E-state index contributed by atoms with van der Waals surface area (Å²) in [5, 5.41) is 6.53. The molecule has 29 heavy (non-hydrogen) atoms. The van der Waals surface area contributed by atoms with Crippen molar-refractivity contribution in [2.45, 2.75) is 26.4 Å². The van der Waals surface area contributed by atoms with Gasteiger partial charge in [-0.25, -0.2) is 4.79 Å². The molecule has 0 fully saturated rings. The number of hydrogen-bond donors (Lipinski definition) is 3. The van der Waals surface area contributed by atoms with Crippen molar-refractivity contribution < 1.29 is 14.3 Å². The number of nitrogens with one attached hydrogen (secondary N) is 3. The average molecular weight is 454 g/mol. The lowest BCUT2D eigenvalue weighted by molar-refractivity contribution is -0.110. The molecule has 0 atom stereocenters. The Morgan fingerprint density at radius 1 is 1.17 bits per heavy atom. The Hall–Kier alpha value is -3.06. The van der Waals surface area contributed by atoms with E-state index in [-0.39, 0.29) is 5.91 Å². The van der Waals surface area contributed by atoms with Crippen molar-refractivity contribution in [3.05, 3.63) is 58.2 Å². The Bertz CT molecular complexity index is 1170. The summed E-state index contributed by atoms with van der Waals surface area (Å²) in [6.07, 6.45) is 3.18. The molecule has 2 heterocycles. The summed E-state index contributed by atoms with van der Waals surface area (Å²) < 4.78 is 6.21. The van der Waals surface area contributed by atoms with Gasteiger partial charge in [0.2, 0.25) is 0 Å². The zero-order chi connectivity index (χ0) is 20.8. The standard InChI is InChI=1S/C22H20BrN3O3/c1-22(2,3)29-21(28)25-14-5-7-18-15(10-14)12(11-24-18)8-17-16-9-13(23)4-6-19(16)26-20(17)27/h4-11,24H,1-3H3,(H,25,28)(H,26,27). The third kappa shape index (κ3) is 4.05. The van der Waals surface area contributed by atoms with Crippen molar-refractivity contribution in [3.8, 4) is 0 Å². The van der Waals surface area contributed by atoms with Crippen molar-refractivity contribution >= 4 is 61.9 Å². The van der Waals surface area contributed by atoms with Crippen molar-refractivity contribution in [1.82, 2.24) is 4.98 Å². The van der Waals surface area contributed by atoms with Crippen LogP contribution in [0.25, 0.3) is 22.6 Å². The van der Waals surface area contributed by atoms with Crippen LogP contribution in [0.3, 0.4) is 0 Å². The van der Waals surface area contributed by atoms with Gasteiger partial charge >= 0.3 is 6.09 Å². The van der Waals surface area contributed by atoms with Crippen LogP contribution in [0.1, 0.15) is 31.9 Å². The van der Waals surface area contributed by atoms with Gasteiger partial charge in [-0.2, -0.15) is 0 Å². The lowest BCUT2D eigenvalue weighted by Crippen LogP contribution is -2.27. The molecule has 7 heteroatoms. The van der Waals surface area contributed by atoms with E-state index < -0.39 is 11.7 Å². The van der Waals surface area contributed by atoms with Crippen molar-refractivity contribution in [3.63, 3.8) is 0 Å². The minimum atomic E-state index is -0.574. The molecule has 2 amide bonds. The summed E-state index contributed by atoms with van der Waals surface area (Å²) in [6.45, 7) is 5.44. The molecule has 4 rings (SSSR count). The second kappa shape index (κ2) is 7.08. The maximum atomic E-state index is 12.5. The van der Waals surface area contributed by atoms with Gasteiger partial charge in [0.1, 0.15) is 5.60 Å². The molecule has 0 spiro atoms. The van der Waals surface area contributed by atoms with Gasteiger partial charge in [0.25, 0.3) is 5.91 Å². The summed E-state index contributed by atoms with van der Waals surface area (Å²) in [5.74, 6) is -0.143. The van der Waals surface area contributed by atoms with E-state index in [4.69, 9.17) is 4.74 Å². The summed E-state index contributed by atoms with van der Waals surface area (Å²) in [7, 11) is 0. The van der Waals surface area contributed by atoms with Crippen LogP contribution in [-0.2, 0) is 9.53 Å². The zero-order valence-corrected chi connectivity index (χ0v) is 17.8. The van der Waals surface area contributed by atoms with Crippen LogP contribution in [0, 0.1) is 0 Å². The molecular weight excluding hydrogens is 434 g/mol. The first-order valence-electron chi connectivity index (χ1n) is 9.14. The maximum Gasteiger partial charge on any atom is 0.412 e. The Morgan fingerprint density at radius 3 is 2.72 bits per heavy atom. The first-order valence-corrected chi connectivity index (χ1v) is 9.93. The van der Waals surface area contributed by atoms with Crippen molar-refractivity contribution in [2.24, 2.45) is 0 Å². The molecule has 3 N–H and O–H groups in total. The monoisotopic (exact) mass is 453 g/mol. The maximum absolute atomic E-state index is 12.5. The highest BCUT2D eigenvalue weighted by Gasteiger charge is 2.24. The van der Waals surface area contributed by atoms with Crippen molar-refractivity contribution in [2.75, 3.05) is 10.6 Å². The molecule has 1 aliphatic rings. The fourth-order valence-electron chi connectivity index (χ4n) is 3.22. The van der Waals surface area contributed by atoms with E-state index >= 15 is 0 Å². The number of H-pyrrole nitrogens is 1. The summed E-state index contributed by atoms with van der Waals surface area (Å²) in [4.78, 5) is 27.7. The van der Waals surface area contributed by atoms with Gasteiger partial charge in [-0.1, -0.05) is 15.9 Å². The number of carbonyl (C=O) groups excluding carboxylic acids is 2. The molecule has 148 valence electrons. The van der Waals surface area contributed by atoms with Crippen LogP contribution >= 0.6 is 15.9 Å². The quantitative estimate of drug-likeness (QED) is 0.430. The molecule has 0 unspecified atom stereocenters. The van der Waals surface area contributed by atoms with E-state index in [2.05, 4.69) is 31.5 Å². The number of hydrogen-bond acceptors (Lipinski definition) is 3. The number of aromatic amines is 1. The largest absolute Gasteiger partial charge is 0.444 e. The normalized spacial score (nSPS) is 14.8. The molecule has 1 aliphatic heterocycles. The van der Waals surface area contributed by atoms with Crippen LogP contribution in [0.4, 0.5) is 16.2 Å². The van der Waals surface area contributed by atoms with Crippen LogP contribution in [0.5, 0.6) is 0 Å². The smallest absolute Gasteiger partial charge is 0.412 e. The molecule has 2 aromatic carbocycles. The minimum Gasteiger partial charge on any atom is -0.444 e. The van der Waals surface area contributed by atoms with Gasteiger partial charge in [0.15, 0.2) is 0 Å². The number of halogens is 1. The highest BCUT2D eigenvalue weighted by atomic mass is 79.9. The van der Waals surface area contributed by atoms with E-state index in [0.29, 0.717) is 11.3 Å². The summed E-state index contributed by atoms with van der Waals surface area (Å²) >= 11 is 3.46. The third-order valence-corrected chi connectivity index (χ3v) is 4.92. The van der Waals surface area contributed by atoms with Crippen molar-refractivity contribution in [1.29, 1.82) is 0 Å². The van der Waals surface area contributed by atoms with Crippen LogP contribution in [0.2, 0.25) is 0 Å². The minimum absolute atomic E-state index is 0.143. The fourth-order valence-corrected chi connectivity index (χ4v) is 3.58. The van der Waals surface area contributed by atoms with Gasteiger partial charge in [0, 0.05) is 49.6 Å². The first-order chi connectivity index (χ1) is 13.7. The van der Waals surface area contributed by atoms with E-state index in [9.17, 15) is 9.59 Å². The molecule has 0 radical (unpaired) electrons. The second-order valence-corrected chi connectivity index (χ2v) is 8.75. The predicted octanol–water partition coefficient (Wildman–Crippen LogP) is 5.77. The number of rotatable bonds is 2. The van der Waals surface area contributed by atoms with Gasteiger partial charge in [-0.15, -0.1) is 0 Å². The number of ether oxygens (including phenoxy) is 1. The molecule has 0 saturated heterocycles. The van der Waals surface area contributed by atoms with E-state index in [0.717, 1.165) is 32.2 Å². The molecule has 0 saturated carbocycles. The summed E-state index contributed by atoms with van der Waals surface area (Å²) in [5.41, 5.74) is 4.02. The Labute approximate surface area is 176 Å². The molecule has 0 aliphatic carbocycles. The highest BCUT2D eigenvalue weighted by molar-refractivity contribution is 9.10. The van der Waals surface area contributed by atoms with E-state index in [1.807, 2.05) is 63.4 Å². The predicted molar refractivity (Wildman–Crippen MR) is 119 cm³/mol. The Morgan fingerprint density at radius 2 is 1.97 bits per heavy atom. The fraction of sp³-hybridized carbons (Fsp3) is 0.182. The Balaban J connectivity index is 1.69. The average Bonchev–Trinajstić information content (AvgIpc) is 3.15. The highest BCUT2D eigenvalue weighted by Crippen LogP contribution is 2.36. The van der Waals surface area contributed by atoms with E-state index in [1.165, 1.54) is 0 Å². The summed E-state index contributed by atoms with van der Waals surface area (Å²) in [6, 6.07) is 11.2. The van der Waals surface area contributed by atoms with Crippen LogP contribution < -0.4 is 10.6 Å². The number of fused-ring (bicyclic) bond motifs is 2. The van der Waals surface area contributed by atoms with Gasteiger partial charge < -0.3 is 15.0 Å².